The first-order chi connectivity index (χ1) is 12.9. The molecule has 27 heavy (non-hydrogen) atoms. The molecule has 0 bridgehead atoms. The lowest BCUT2D eigenvalue weighted by Gasteiger charge is -2.17. The highest BCUT2D eigenvalue weighted by atomic mass is 32.2. The van der Waals surface area contributed by atoms with E-state index in [4.69, 9.17) is 5.26 Å². The summed E-state index contributed by atoms with van der Waals surface area (Å²) < 4.78 is 0. The van der Waals surface area contributed by atoms with Crippen molar-refractivity contribution in [3.8, 4) is 6.07 Å². The average molecular weight is 385 g/mol. The van der Waals surface area contributed by atoms with Crippen molar-refractivity contribution in [2.75, 3.05) is 5.32 Å². The van der Waals surface area contributed by atoms with Crippen molar-refractivity contribution in [2.24, 2.45) is 0 Å². The zero-order valence-electron chi connectivity index (χ0n) is 16.0. The minimum absolute atomic E-state index is 0.0309. The van der Waals surface area contributed by atoms with E-state index in [9.17, 15) is 9.59 Å². The standard InChI is InChI=1S/C20H24N4O2S/c1-5-13-9-8-10-14(6-2)17(13)23-18(25)12(4)27-20-22-16(7-3)15(11-21)19(26)24-20/h8-10,12H,5-7H2,1-4H3,(H,23,25)(H,22,24,26)/t12-/m1/s1. The van der Waals surface area contributed by atoms with Crippen LogP contribution in [0.15, 0.2) is 28.2 Å². The fourth-order valence-corrected chi connectivity index (χ4v) is 3.59. The summed E-state index contributed by atoms with van der Waals surface area (Å²) in [7, 11) is 0. The van der Waals surface area contributed by atoms with Crippen molar-refractivity contribution in [3.63, 3.8) is 0 Å². The predicted molar refractivity (Wildman–Crippen MR) is 108 cm³/mol. The Hall–Kier alpha value is -2.59. The highest BCUT2D eigenvalue weighted by Gasteiger charge is 2.19. The van der Waals surface area contributed by atoms with Gasteiger partial charge in [0.25, 0.3) is 5.56 Å². The van der Waals surface area contributed by atoms with Crippen LogP contribution in [0.5, 0.6) is 0 Å². The lowest BCUT2D eigenvalue weighted by atomic mass is 10.0. The first kappa shape index (κ1) is 20.7. The number of thioether (sulfide) groups is 1. The maximum absolute atomic E-state index is 12.7. The second-order valence-corrected chi connectivity index (χ2v) is 7.40. The summed E-state index contributed by atoms with van der Waals surface area (Å²) in [5.74, 6) is -0.152. The van der Waals surface area contributed by atoms with Crippen LogP contribution in [-0.4, -0.2) is 21.1 Å². The number of carbonyl (C=O) groups excluding carboxylic acids is 1. The third kappa shape index (κ3) is 4.77. The lowest BCUT2D eigenvalue weighted by molar-refractivity contribution is -0.115. The molecule has 0 aliphatic carbocycles. The van der Waals surface area contributed by atoms with Crippen LogP contribution in [0.4, 0.5) is 5.69 Å². The highest BCUT2D eigenvalue weighted by Crippen LogP contribution is 2.25. The molecule has 1 aromatic heterocycles. The number of nitrogens with one attached hydrogen (secondary N) is 2. The van der Waals surface area contributed by atoms with Crippen LogP contribution in [0, 0.1) is 11.3 Å². The molecule has 0 radical (unpaired) electrons. The van der Waals surface area contributed by atoms with E-state index in [2.05, 4.69) is 29.1 Å². The van der Waals surface area contributed by atoms with Crippen LogP contribution in [0.25, 0.3) is 0 Å². The van der Waals surface area contributed by atoms with Crippen LogP contribution in [0.1, 0.15) is 50.1 Å². The van der Waals surface area contributed by atoms with Gasteiger partial charge in [0.05, 0.1) is 10.9 Å². The number of nitriles is 1. The van der Waals surface area contributed by atoms with E-state index < -0.39 is 10.8 Å². The van der Waals surface area contributed by atoms with E-state index in [1.807, 2.05) is 31.2 Å². The van der Waals surface area contributed by atoms with Gasteiger partial charge in [-0.1, -0.05) is 50.7 Å². The molecule has 0 aliphatic rings. The summed E-state index contributed by atoms with van der Waals surface area (Å²) in [5.41, 5.74) is 3.07. The van der Waals surface area contributed by atoms with Gasteiger partial charge in [0.1, 0.15) is 11.6 Å². The molecule has 6 nitrogen and oxygen atoms in total. The van der Waals surface area contributed by atoms with Crippen molar-refractivity contribution in [1.29, 1.82) is 5.26 Å². The predicted octanol–water partition coefficient (Wildman–Crippen LogP) is 3.45. The van der Waals surface area contributed by atoms with Gasteiger partial charge in [0.2, 0.25) is 5.91 Å². The maximum Gasteiger partial charge on any atom is 0.269 e. The number of nitrogens with zero attached hydrogens (tertiary/aromatic N) is 2. The lowest BCUT2D eigenvalue weighted by Crippen LogP contribution is -2.25. The molecule has 1 atom stereocenters. The van der Waals surface area contributed by atoms with E-state index in [0.29, 0.717) is 17.3 Å². The Morgan fingerprint density at radius 1 is 1.26 bits per heavy atom. The van der Waals surface area contributed by atoms with E-state index in [1.165, 1.54) is 11.8 Å². The van der Waals surface area contributed by atoms with E-state index in [-0.39, 0.29) is 11.5 Å². The number of hydrogen-bond donors (Lipinski definition) is 2. The van der Waals surface area contributed by atoms with Gasteiger partial charge in [0.15, 0.2) is 5.16 Å². The summed E-state index contributed by atoms with van der Waals surface area (Å²) in [6.45, 7) is 7.71. The monoisotopic (exact) mass is 384 g/mol. The SMILES string of the molecule is CCc1cccc(CC)c1NC(=O)[C@@H](C)Sc1nc(CC)c(C#N)c(=O)[nH]1. The molecule has 1 aromatic carbocycles. The molecule has 0 saturated heterocycles. The number of para-hydroxylation sites is 1. The Morgan fingerprint density at radius 3 is 2.41 bits per heavy atom. The molecule has 0 spiro atoms. The Labute approximate surface area is 163 Å². The summed E-state index contributed by atoms with van der Waals surface area (Å²) in [6.07, 6.45) is 2.13. The fraction of sp³-hybridized carbons (Fsp3) is 0.400. The van der Waals surface area contributed by atoms with E-state index >= 15 is 0 Å². The molecule has 0 aliphatic heterocycles. The summed E-state index contributed by atoms with van der Waals surface area (Å²) in [6, 6.07) is 7.91. The van der Waals surface area contributed by atoms with Crippen LogP contribution in [0.3, 0.4) is 0 Å². The average Bonchev–Trinajstić information content (AvgIpc) is 2.67. The minimum Gasteiger partial charge on any atom is -0.325 e. The zero-order chi connectivity index (χ0) is 20.0. The number of anilines is 1. The minimum atomic E-state index is -0.468. The molecule has 1 heterocycles. The number of hydrogen-bond acceptors (Lipinski definition) is 5. The van der Waals surface area contributed by atoms with Gasteiger partial charge < -0.3 is 10.3 Å². The largest absolute Gasteiger partial charge is 0.325 e. The van der Waals surface area contributed by atoms with Crippen molar-refractivity contribution in [1.82, 2.24) is 9.97 Å². The van der Waals surface area contributed by atoms with Crippen LogP contribution in [0.2, 0.25) is 0 Å². The van der Waals surface area contributed by atoms with Gasteiger partial charge in [-0.05, 0) is 37.3 Å². The van der Waals surface area contributed by atoms with Crippen molar-refractivity contribution in [2.45, 2.75) is 57.4 Å². The van der Waals surface area contributed by atoms with E-state index in [0.717, 1.165) is 29.7 Å². The maximum atomic E-state index is 12.7. The first-order valence-corrected chi connectivity index (χ1v) is 9.94. The van der Waals surface area contributed by atoms with Crippen LogP contribution >= 0.6 is 11.8 Å². The van der Waals surface area contributed by atoms with Gasteiger partial charge in [-0.15, -0.1) is 0 Å². The number of H-pyrrole nitrogens is 1. The quantitative estimate of drug-likeness (QED) is 0.563. The highest BCUT2D eigenvalue weighted by molar-refractivity contribution is 8.00. The Morgan fingerprint density at radius 2 is 1.89 bits per heavy atom. The van der Waals surface area contributed by atoms with Gasteiger partial charge in [-0.3, -0.25) is 9.59 Å². The number of amides is 1. The Bertz CT molecular complexity index is 908. The Balaban J connectivity index is 2.22. The molecular formula is C20H24N4O2S. The molecule has 2 aromatic rings. The zero-order valence-corrected chi connectivity index (χ0v) is 16.9. The molecule has 2 N–H and O–H groups in total. The van der Waals surface area contributed by atoms with Crippen LogP contribution < -0.4 is 10.9 Å². The second-order valence-electron chi connectivity index (χ2n) is 6.07. The van der Waals surface area contributed by atoms with Gasteiger partial charge in [-0.2, -0.15) is 5.26 Å². The van der Waals surface area contributed by atoms with E-state index in [1.54, 1.807) is 6.92 Å². The van der Waals surface area contributed by atoms with Gasteiger partial charge in [0, 0.05) is 5.69 Å². The number of benzene rings is 1. The smallest absolute Gasteiger partial charge is 0.269 e. The second kappa shape index (κ2) is 9.38. The topological polar surface area (TPSA) is 98.6 Å². The third-order valence-corrected chi connectivity index (χ3v) is 5.31. The molecule has 0 fully saturated rings. The van der Waals surface area contributed by atoms with Gasteiger partial charge >= 0.3 is 0 Å². The molecule has 0 unspecified atom stereocenters. The van der Waals surface area contributed by atoms with Crippen molar-refractivity contribution >= 4 is 23.4 Å². The number of aryl methyl sites for hydroxylation is 3. The molecule has 2 rings (SSSR count). The normalized spacial score (nSPS) is 11.7. The summed E-state index contributed by atoms with van der Waals surface area (Å²) in [4.78, 5) is 31.7. The third-order valence-electron chi connectivity index (χ3n) is 4.32. The molecule has 1 amide bonds. The molecule has 142 valence electrons. The summed E-state index contributed by atoms with van der Waals surface area (Å²) in [5, 5.41) is 12.0. The Kier molecular flexibility index (Phi) is 7.19. The molecule has 0 saturated carbocycles. The van der Waals surface area contributed by atoms with Crippen molar-refractivity contribution in [3.05, 3.63) is 50.9 Å². The number of aromatic amines is 1. The first-order valence-electron chi connectivity index (χ1n) is 9.06. The number of rotatable bonds is 7. The number of aromatic nitrogens is 2. The molecular weight excluding hydrogens is 360 g/mol. The van der Waals surface area contributed by atoms with Gasteiger partial charge in [-0.25, -0.2) is 4.98 Å². The number of carbonyl (C=O) groups is 1. The van der Waals surface area contributed by atoms with Crippen molar-refractivity contribution < 1.29 is 4.79 Å². The molecule has 7 heteroatoms. The van der Waals surface area contributed by atoms with Crippen LogP contribution in [-0.2, 0) is 24.1 Å². The summed E-state index contributed by atoms with van der Waals surface area (Å²) >= 11 is 1.17. The fourth-order valence-electron chi connectivity index (χ4n) is 2.77.